The SMILES string of the molecule is NCCCCC(N)C(=O)NC(CC(N)=O)C(=O)NC(Cc1ccc(O)cc1)C(=O)NC(CO)C(=O)O. The van der Waals surface area contributed by atoms with Gasteiger partial charge < -0.3 is 48.5 Å². The van der Waals surface area contributed by atoms with Crippen molar-refractivity contribution in [2.75, 3.05) is 13.2 Å². The highest BCUT2D eigenvalue weighted by Gasteiger charge is 2.31. The lowest BCUT2D eigenvalue weighted by molar-refractivity contribution is -0.143. The normalized spacial score (nSPS) is 14.1. The first-order valence-corrected chi connectivity index (χ1v) is 11.2. The number of phenolic OH excluding ortho intramolecular Hbond substituents is 1. The van der Waals surface area contributed by atoms with Crippen LogP contribution in [0.5, 0.6) is 5.75 Å². The Morgan fingerprint density at radius 3 is 1.94 bits per heavy atom. The van der Waals surface area contributed by atoms with Crippen LogP contribution >= 0.6 is 0 Å². The number of hydrogen-bond donors (Lipinski definition) is 9. The van der Waals surface area contributed by atoms with Crippen LogP contribution in [-0.2, 0) is 30.4 Å². The van der Waals surface area contributed by atoms with E-state index in [1.807, 2.05) is 0 Å². The van der Waals surface area contributed by atoms with Gasteiger partial charge in [0.25, 0.3) is 0 Å². The summed E-state index contributed by atoms with van der Waals surface area (Å²) in [6.07, 6.45) is 0.770. The van der Waals surface area contributed by atoms with Crippen LogP contribution in [0.2, 0.25) is 0 Å². The summed E-state index contributed by atoms with van der Waals surface area (Å²) in [5.74, 6) is -5.03. The number of aromatic hydroxyl groups is 1. The number of carbonyl (C=O) groups excluding carboxylic acids is 4. The number of phenols is 1. The van der Waals surface area contributed by atoms with E-state index in [9.17, 15) is 34.2 Å². The number of nitrogens with one attached hydrogen (secondary N) is 3. The fraction of sp³-hybridized carbons (Fsp3) is 0.500. The zero-order chi connectivity index (χ0) is 27.3. The molecule has 0 aromatic heterocycles. The van der Waals surface area contributed by atoms with Crippen LogP contribution < -0.4 is 33.2 Å². The molecule has 4 amide bonds. The maximum Gasteiger partial charge on any atom is 0.328 e. The van der Waals surface area contributed by atoms with Crippen LogP contribution in [0.25, 0.3) is 0 Å². The molecular weight excluding hydrogens is 476 g/mol. The number of carbonyl (C=O) groups is 5. The van der Waals surface area contributed by atoms with E-state index < -0.39 is 66.8 Å². The van der Waals surface area contributed by atoms with Gasteiger partial charge in [-0.15, -0.1) is 0 Å². The quantitative estimate of drug-likeness (QED) is 0.101. The first-order valence-electron chi connectivity index (χ1n) is 11.2. The Morgan fingerprint density at radius 1 is 0.861 bits per heavy atom. The number of aliphatic hydroxyl groups is 1. The molecule has 0 saturated heterocycles. The first kappa shape index (κ1) is 30.3. The number of unbranched alkanes of at least 4 members (excludes halogenated alkanes) is 1. The topological polar surface area (TPSA) is 260 Å². The van der Waals surface area contributed by atoms with E-state index in [1.54, 1.807) is 0 Å². The number of carboxylic acid groups (broad SMARTS) is 1. The van der Waals surface area contributed by atoms with Crippen molar-refractivity contribution < 1.29 is 39.3 Å². The largest absolute Gasteiger partial charge is 0.508 e. The Morgan fingerprint density at radius 2 is 1.42 bits per heavy atom. The second-order valence-corrected chi connectivity index (χ2v) is 8.14. The van der Waals surface area contributed by atoms with E-state index in [-0.39, 0.29) is 18.6 Å². The van der Waals surface area contributed by atoms with Gasteiger partial charge in [0.15, 0.2) is 0 Å². The van der Waals surface area contributed by atoms with Crippen LogP contribution in [-0.4, -0.2) is 82.2 Å². The van der Waals surface area contributed by atoms with E-state index in [0.29, 0.717) is 24.9 Å². The summed E-state index contributed by atoms with van der Waals surface area (Å²) in [6.45, 7) is -0.478. The Kier molecular flexibility index (Phi) is 12.9. The molecule has 0 aliphatic carbocycles. The number of rotatable bonds is 16. The lowest BCUT2D eigenvalue weighted by Gasteiger charge is -2.24. The van der Waals surface area contributed by atoms with E-state index in [2.05, 4.69) is 16.0 Å². The molecule has 4 atom stereocenters. The molecule has 0 aliphatic heterocycles. The molecule has 0 spiro atoms. The van der Waals surface area contributed by atoms with E-state index in [0.717, 1.165) is 0 Å². The summed E-state index contributed by atoms with van der Waals surface area (Å²) in [6, 6.07) is 0.210. The smallest absolute Gasteiger partial charge is 0.328 e. The van der Waals surface area contributed by atoms with Crippen LogP contribution in [0, 0.1) is 0 Å². The number of primary amides is 1. The van der Waals surface area contributed by atoms with Crippen molar-refractivity contribution in [2.24, 2.45) is 17.2 Å². The predicted molar refractivity (Wildman–Crippen MR) is 127 cm³/mol. The third-order valence-corrected chi connectivity index (χ3v) is 5.15. The summed E-state index contributed by atoms with van der Waals surface area (Å²) >= 11 is 0. The van der Waals surface area contributed by atoms with Crippen molar-refractivity contribution in [3.05, 3.63) is 29.8 Å². The van der Waals surface area contributed by atoms with Gasteiger partial charge in [-0.1, -0.05) is 18.6 Å². The monoisotopic (exact) mass is 510 g/mol. The molecule has 0 heterocycles. The number of amides is 4. The zero-order valence-corrected chi connectivity index (χ0v) is 19.7. The third kappa shape index (κ3) is 10.7. The zero-order valence-electron chi connectivity index (χ0n) is 19.7. The molecule has 0 bridgehead atoms. The van der Waals surface area contributed by atoms with Gasteiger partial charge in [0, 0.05) is 6.42 Å². The molecule has 4 unspecified atom stereocenters. The second kappa shape index (κ2) is 15.3. The Bertz CT molecular complexity index is 910. The molecule has 0 saturated carbocycles. The maximum atomic E-state index is 13.0. The number of aliphatic carboxylic acids is 1. The predicted octanol–water partition coefficient (Wildman–Crippen LogP) is -3.20. The summed E-state index contributed by atoms with van der Waals surface area (Å²) < 4.78 is 0. The third-order valence-electron chi connectivity index (χ3n) is 5.15. The fourth-order valence-corrected chi connectivity index (χ4v) is 3.14. The van der Waals surface area contributed by atoms with Crippen LogP contribution in [0.3, 0.4) is 0 Å². The van der Waals surface area contributed by atoms with Crippen molar-refractivity contribution in [3.63, 3.8) is 0 Å². The lowest BCUT2D eigenvalue weighted by Crippen LogP contribution is -2.58. The first-order chi connectivity index (χ1) is 17.0. The van der Waals surface area contributed by atoms with Gasteiger partial charge in [0.05, 0.1) is 19.1 Å². The Balaban J connectivity index is 3.07. The van der Waals surface area contributed by atoms with Crippen molar-refractivity contribution in [3.8, 4) is 5.75 Å². The highest BCUT2D eigenvalue weighted by Crippen LogP contribution is 2.12. The van der Waals surface area contributed by atoms with Gasteiger partial charge >= 0.3 is 5.97 Å². The molecule has 0 aliphatic rings. The fourth-order valence-electron chi connectivity index (χ4n) is 3.14. The molecule has 200 valence electrons. The van der Waals surface area contributed by atoms with Crippen LogP contribution in [0.1, 0.15) is 31.2 Å². The molecule has 14 heteroatoms. The van der Waals surface area contributed by atoms with Gasteiger partial charge in [0.2, 0.25) is 23.6 Å². The van der Waals surface area contributed by atoms with Crippen molar-refractivity contribution in [1.82, 2.24) is 16.0 Å². The molecule has 1 aromatic carbocycles. The average Bonchev–Trinajstić information content (AvgIpc) is 2.82. The number of aliphatic hydroxyl groups excluding tert-OH is 1. The van der Waals surface area contributed by atoms with E-state index in [4.69, 9.17) is 22.3 Å². The molecule has 14 nitrogen and oxygen atoms in total. The highest BCUT2D eigenvalue weighted by atomic mass is 16.4. The molecule has 1 rings (SSSR count). The molecular formula is C22H34N6O8. The minimum absolute atomic E-state index is 0.0398. The maximum absolute atomic E-state index is 13.0. The van der Waals surface area contributed by atoms with Crippen LogP contribution in [0.4, 0.5) is 0 Å². The number of nitrogens with two attached hydrogens (primary N) is 3. The minimum atomic E-state index is -1.63. The van der Waals surface area contributed by atoms with Crippen LogP contribution in [0.15, 0.2) is 24.3 Å². The summed E-state index contributed by atoms with van der Waals surface area (Å²) in [5, 5.41) is 34.6. The number of hydrogen-bond acceptors (Lipinski definition) is 9. The average molecular weight is 511 g/mol. The summed E-state index contributed by atoms with van der Waals surface area (Å²) in [7, 11) is 0. The molecule has 0 radical (unpaired) electrons. The molecule has 12 N–H and O–H groups in total. The van der Waals surface area contributed by atoms with Crippen molar-refractivity contribution in [1.29, 1.82) is 0 Å². The van der Waals surface area contributed by atoms with Crippen molar-refractivity contribution >= 4 is 29.6 Å². The van der Waals surface area contributed by atoms with Gasteiger partial charge in [-0.05, 0) is 37.1 Å². The van der Waals surface area contributed by atoms with E-state index in [1.165, 1.54) is 24.3 Å². The lowest BCUT2D eigenvalue weighted by atomic mass is 10.0. The molecule has 36 heavy (non-hydrogen) atoms. The number of carboxylic acids is 1. The van der Waals surface area contributed by atoms with Gasteiger partial charge in [-0.2, -0.15) is 0 Å². The minimum Gasteiger partial charge on any atom is -0.508 e. The van der Waals surface area contributed by atoms with Gasteiger partial charge in [-0.25, -0.2) is 4.79 Å². The van der Waals surface area contributed by atoms with Gasteiger partial charge in [0.1, 0.15) is 23.9 Å². The number of benzene rings is 1. The van der Waals surface area contributed by atoms with E-state index >= 15 is 0 Å². The van der Waals surface area contributed by atoms with Gasteiger partial charge in [-0.3, -0.25) is 19.2 Å². The highest BCUT2D eigenvalue weighted by molar-refractivity contribution is 5.96. The Labute approximate surface area is 207 Å². The summed E-state index contributed by atoms with van der Waals surface area (Å²) in [4.78, 5) is 60.9. The Hall–Kier alpha value is -3.75. The van der Waals surface area contributed by atoms with Crippen molar-refractivity contribution in [2.45, 2.75) is 56.3 Å². The molecule has 0 fully saturated rings. The summed E-state index contributed by atoms with van der Waals surface area (Å²) in [5.41, 5.74) is 17.0. The standard InChI is InChI=1S/C22H34N6O8/c23-8-2-1-3-14(24)19(32)26-16(10-18(25)31)21(34)27-15(9-12-4-6-13(30)7-5-12)20(33)28-17(11-29)22(35)36/h4-7,14-17,29-30H,1-3,8-11,23-24H2,(H2,25,31)(H,26,32)(H,27,34)(H,28,33)(H,35,36). The molecule has 1 aromatic rings. The second-order valence-electron chi connectivity index (χ2n) is 8.14.